The molecule has 108 valence electrons. The average Bonchev–Trinajstić information content (AvgIpc) is 2.74. The molecule has 20 heavy (non-hydrogen) atoms. The highest BCUT2D eigenvalue weighted by atomic mass is 32.1. The van der Waals surface area contributed by atoms with Crippen LogP contribution in [0.25, 0.3) is 10.2 Å². The second-order valence-corrected chi connectivity index (χ2v) is 7.03. The van der Waals surface area contributed by atoms with Crippen LogP contribution in [0.5, 0.6) is 0 Å². The van der Waals surface area contributed by atoms with Crippen LogP contribution in [0.2, 0.25) is 0 Å². The van der Waals surface area contributed by atoms with E-state index < -0.39 is 0 Å². The molecule has 0 aromatic carbocycles. The van der Waals surface area contributed by atoms with Crippen LogP contribution in [0, 0.1) is 11.3 Å². The van der Waals surface area contributed by atoms with E-state index in [4.69, 9.17) is 5.73 Å². The number of carbonyl (C=O) groups excluding carboxylic acids is 1. The van der Waals surface area contributed by atoms with Gasteiger partial charge >= 0.3 is 0 Å². The van der Waals surface area contributed by atoms with Crippen molar-refractivity contribution < 1.29 is 4.79 Å². The first-order valence-corrected chi connectivity index (χ1v) is 7.56. The second-order valence-electron chi connectivity index (χ2n) is 6.03. The molecular formula is C15H21N3OS. The largest absolute Gasteiger partial charge is 0.397 e. The lowest BCUT2D eigenvalue weighted by molar-refractivity contribution is 0.0930. The van der Waals surface area contributed by atoms with Crippen molar-refractivity contribution in [3.63, 3.8) is 0 Å². The Bertz CT molecular complexity index is 631. The molecule has 2 heterocycles. The molecule has 0 aliphatic carbocycles. The molecule has 0 bridgehead atoms. The minimum absolute atomic E-state index is 0.0549. The normalized spacial score (nSPS) is 12.1. The van der Waals surface area contributed by atoms with Crippen molar-refractivity contribution in [1.82, 2.24) is 10.3 Å². The van der Waals surface area contributed by atoms with Gasteiger partial charge < -0.3 is 11.1 Å². The summed E-state index contributed by atoms with van der Waals surface area (Å²) >= 11 is 1.34. The molecule has 3 N–H and O–H groups in total. The van der Waals surface area contributed by atoms with E-state index >= 15 is 0 Å². The van der Waals surface area contributed by atoms with Gasteiger partial charge in [0.2, 0.25) is 0 Å². The number of fused-ring (bicyclic) bond motifs is 1. The Balaban J connectivity index is 2.18. The summed E-state index contributed by atoms with van der Waals surface area (Å²) in [7, 11) is 0. The van der Waals surface area contributed by atoms with E-state index in [1.54, 1.807) is 6.20 Å². The van der Waals surface area contributed by atoms with Crippen LogP contribution in [0.4, 0.5) is 5.69 Å². The first-order chi connectivity index (χ1) is 9.33. The lowest BCUT2D eigenvalue weighted by atomic mass is 9.81. The lowest BCUT2D eigenvalue weighted by Gasteiger charge is -2.29. The van der Waals surface area contributed by atoms with Gasteiger partial charge in [0.1, 0.15) is 9.71 Å². The van der Waals surface area contributed by atoms with E-state index in [2.05, 4.69) is 38.0 Å². The zero-order valence-corrected chi connectivity index (χ0v) is 13.2. The maximum Gasteiger partial charge on any atom is 0.263 e. The summed E-state index contributed by atoms with van der Waals surface area (Å²) in [6.45, 7) is 9.24. The Morgan fingerprint density at radius 1 is 1.50 bits per heavy atom. The summed E-state index contributed by atoms with van der Waals surface area (Å²) in [6.07, 6.45) is 1.71. The maximum absolute atomic E-state index is 12.3. The van der Waals surface area contributed by atoms with Gasteiger partial charge in [0.05, 0.1) is 5.69 Å². The highest BCUT2D eigenvalue weighted by Gasteiger charge is 2.24. The van der Waals surface area contributed by atoms with Crippen LogP contribution in [0.3, 0.4) is 0 Å². The van der Waals surface area contributed by atoms with Gasteiger partial charge in [-0.05, 0) is 23.5 Å². The van der Waals surface area contributed by atoms with Gasteiger partial charge in [-0.3, -0.25) is 4.79 Å². The number of hydrogen-bond acceptors (Lipinski definition) is 4. The molecule has 2 aromatic heterocycles. The van der Waals surface area contributed by atoms with E-state index in [9.17, 15) is 4.79 Å². The van der Waals surface area contributed by atoms with Crippen LogP contribution in [-0.4, -0.2) is 17.4 Å². The SMILES string of the molecule is CC(C)C(C)(C)CNC(=O)c1sc2ncccc2c1N. The highest BCUT2D eigenvalue weighted by molar-refractivity contribution is 7.21. The molecule has 2 aromatic rings. The molecule has 5 heteroatoms. The number of anilines is 1. The molecule has 0 atom stereocenters. The number of nitrogen functional groups attached to an aromatic ring is 1. The van der Waals surface area contributed by atoms with E-state index in [1.807, 2.05) is 12.1 Å². The number of nitrogens with one attached hydrogen (secondary N) is 1. The number of nitrogens with two attached hydrogens (primary N) is 1. The minimum atomic E-state index is -0.112. The van der Waals surface area contributed by atoms with Crippen LogP contribution in [0.1, 0.15) is 37.4 Å². The lowest BCUT2D eigenvalue weighted by Crippen LogP contribution is -2.36. The van der Waals surface area contributed by atoms with Crippen LogP contribution in [0.15, 0.2) is 18.3 Å². The van der Waals surface area contributed by atoms with Crippen LogP contribution < -0.4 is 11.1 Å². The molecule has 0 spiro atoms. The zero-order chi connectivity index (χ0) is 14.9. The summed E-state index contributed by atoms with van der Waals surface area (Å²) in [5.41, 5.74) is 6.63. The third-order valence-electron chi connectivity index (χ3n) is 3.98. The van der Waals surface area contributed by atoms with Crippen molar-refractivity contribution in [2.45, 2.75) is 27.7 Å². The fraction of sp³-hybridized carbons (Fsp3) is 0.467. The standard InChI is InChI=1S/C15H21N3OS/c1-9(2)15(3,4)8-18-13(19)12-11(16)10-6-5-7-17-14(10)20-12/h5-7,9H,8,16H2,1-4H3,(H,18,19). The Morgan fingerprint density at radius 3 is 2.80 bits per heavy atom. The third kappa shape index (κ3) is 2.77. The van der Waals surface area contributed by atoms with Gasteiger partial charge in [-0.1, -0.05) is 27.7 Å². The number of thiophene rings is 1. The molecule has 4 nitrogen and oxygen atoms in total. The number of amides is 1. The first kappa shape index (κ1) is 14.8. The van der Waals surface area contributed by atoms with Gasteiger partial charge in [0, 0.05) is 18.1 Å². The number of aromatic nitrogens is 1. The molecule has 0 radical (unpaired) electrons. The predicted molar refractivity (Wildman–Crippen MR) is 85.0 cm³/mol. The van der Waals surface area contributed by atoms with E-state index in [-0.39, 0.29) is 11.3 Å². The number of rotatable bonds is 4. The Morgan fingerprint density at radius 2 is 2.20 bits per heavy atom. The monoisotopic (exact) mass is 291 g/mol. The van der Waals surface area contributed by atoms with Gasteiger partial charge in [0.15, 0.2) is 0 Å². The molecule has 2 rings (SSSR count). The number of carbonyl (C=O) groups is 1. The quantitative estimate of drug-likeness (QED) is 0.908. The summed E-state index contributed by atoms with van der Waals surface area (Å²) in [4.78, 5) is 17.9. The van der Waals surface area contributed by atoms with Crippen molar-refractivity contribution in [3.8, 4) is 0 Å². The highest BCUT2D eigenvalue weighted by Crippen LogP contribution is 2.32. The summed E-state index contributed by atoms with van der Waals surface area (Å²) in [5, 5.41) is 3.84. The van der Waals surface area contributed by atoms with E-state index in [0.29, 0.717) is 23.0 Å². The molecule has 0 saturated carbocycles. The van der Waals surface area contributed by atoms with Crippen molar-refractivity contribution in [2.24, 2.45) is 11.3 Å². The van der Waals surface area contributed by atoms with Crippen LogP contribution >= 0.6 is 11.3 Å². The van der Waals surface area contributed by atoms with Crippen LogP contribution in [-0.2, 0) is 0 Å². The average molecular weight is 291 g/mol. The molecule has 0 fully saturated rings. The van der Waals surface area contributed by atoms with Crippen molar-refractivity contribution in [2.75, 3.05) is 12.3 Å². The molecule has 0 aliphatic rings. The summed E-state index contributed by atoms with van der Waals surface area (Å²) < 4.78 is 0. The van der Waals surface area contributed by atoms with E-state index in [0.717, 1.165) is 10.2 Å². The Hall–Kier alpha value is -1.62. The summed E-state index contributed by atoms with van der Waals surface area (Å²) in [6, 6.07) is 3.72. The Labute approximate surface area is 123 Å². The molecule has 0 saturated heterocycles. The number of nitrogens with zero attached hydrogens (tertiary/aromatic N) is 1. The molecule has 0 aliphatic heterocycles. The Kier molecular flexibility index (Phi) is 3.99. The summed E-state index contributed by atoms with van der Waals surface area (Å²) in [5.74, 6) is 0.378. The zero-order valence-electron chi connectivity index (χ0n) is 12.4. The van der Waals surface area contributed by atoms with Gasteiger partial charge in [-0.2, -0.15) is 0 Å². The van der Waals surface area contributed by atoms with Gasteiger partial charge in [-0.15, -0.1) is 11.3 Å². The van der Waals surface area contributed by atoms with Gasteiger partial charge in [-0.25, -0.2) is 4.98 Å². The molecule has 1 amide bonds. The number of pyridine rings is 1. The maximum atomic E-state index is 12.3. The van der Waals surface area contributed by atoms with Gasteiger partial charge in [0.25, 0.3) is 5.91 Å². The predicted octanol–water partition coefficient (Wildman–Crippen LogP) is 3.29. The third-order valence-corrected chi connectivity index (χ3v) is 5.11. The topological polar surface area (TPSA) is 68.0 Å². The fourth-order valence-corrected chi connectivity index (χ4v) is 2.69. The van der Waals surface area contributed by atoms with Crippen molar-refractivity contribution in [3.05, 3.63) is 23.2 Å². The molecular weight excluding hydrogens is 270 g/mol. The number of hydrogen-bond donors (Lipinski definition) is 2. The van der Waals surface area contributed by atoms with E-state index in [1.165, 1.54) is 11.3 Å². The van der Waals surface area contributed by atoms with Crippen molar-refractivity contribution in [1.29, 1.82) is 0 Å². The smallest absolute Gasteiger partial charge is 0.263 e. The van der Waals surface area contributed by atoms with Crippen molar-refractivity contribution >= 4 is 33.1 Å². The molecule has 0 unspecified atom stereocenters. The minimum Gasteiger partial charge on any atom is -0.397 e. The second kappa shape index (κ2) is 5.40. The first-order valence-electron chi connectivity index (χ1n) is 6.74. The fourth-order valence-electron chi connectivity index (χ4n) is 1.71.